The summed E-state index contributed by atoms with van der Waals surface area (Å²) in [6.07, 6.45) is 3.68. The fraction of sp³-hybridized carbons (Fsp3) is 0.583. The molecule has 0 aliphatic carbocycles. The van der Waals surface area contributed by atoms with Crippen LogP contribution in [0.3, 0.4) is 0 Å². The summed E-state index contributed by atoms with van der Waals surface area (Å²) in [6.45, 7) is 2.19. The van der Waals surface area contributed by atoms with E-state index in [1.165, 1.54) is 0 Å². The van der Waals surface area contributed by atoms with Gasteiger partial charge in [-0.2, -0.15) is 0 Å². The van der Waals surface area contributed by atoms with Crippen molar-refractivity contribution in [2.24, 2.45) is 0 Å². The first-order chi connectivity index (χ1) is 8.70. The second-order valence-corrected chi connectivity index (χ2v) is 4.76. The summed E-state index contributed by atoms with van der Waals surface area (Å²) < 4.78 is 5.52. The van der Waals surface area contributed by atoms with Crippen molar-refractivity contribution in [3.8, 4) is 0 Å². The van der Waals surface area contributed by atoms with Gasteiger partial charge in [-0.05, 0) is 18.9 Å². The van der Waals surface area contributed by atoms with Crippen molar-refractivity contribution in [2.45, 2.75) is 18.9 Å². The third-order valence-electron chi connectivity index (χ3n) is 3.03. The molecule has 18 heavy (non-hydrogen) atoms. The van der Waals surface area contributed by atoms with Crippen LogP contribution in [0, 0.1) is 0 Å². The molecule has 2 rings (SSSR count). The van der Waals surface area contributed by atoms with Crippen LogP contribution in [-0.2, 0) is 4.74 Å². The number of nitrogens with two attached hydrogens (primary N) is 1. The summed E-state index contributed by atoms with van der Waals surface area (Å²) in [5.74, 6) is 0.784. The predicted octanol–water partition coefficient (Wildman–Crippen LogP) is 1.29. The van der Waals surface area contributed by atoms with Gasteiger partial charge in [0.1, 0.15) is 5.82 Å². The number of ether oxygens (including phenoxy) is 1. The lowest BCUT2D eigenvalue weighted by Gasteiger charge is -2.33. The van der Waals surface area contributed by atoms with Gasteiger partial charge in [-0.1, -0.05) is 11.6 Å². The number of pyridine rings is 1. The Morgan fingerprint density at radius 2 is 2.22 bits per heavy atom. The summed E-state index contributed by atoms with van der Waals surface area (Å²) in [6, 6.07) is 1.72. The number of nitrogen functional groups attached to an aromatic ring is 1. The Morgan fingerprint density at radius 3 is 2.83 bits per heavy atom. The molecule has 1 aromatic heterocycles. The lowest BCUT2D eigenvalue weighted by molar-refractivity contribution is 0.0158. The Morgan fingerprint density at radius 1 is 1.50 bits per heavy atom. The number of anilines is 2. The minimum atomic E-state index is 0.0750. The van der Waals surface area contributed by atoms with Gasteiger partial charge in [0.2, 0.25) is 0 Å². The van der Waals surface area contributed by atoms with Crippen molar-refractivity contribution in [3.63, 3.8) is 0 Å². The quantitative estimate of drug-likeness (QED) is 0.864. The SMILES string of the molecule is Nc1cnc(N2CCC(OCCO)CC2)c(Cl)c1. The summed E-state index contributed by atoms with van der Waals surface area (Å²) in [7, 11) is 0. The van der Waals surface area contributed by atoms with Crippen LogP contribution in [0.25, 0.3) is 0 Å². The normalized spacial score (nSPS) is 17.1. The molecule has 100 valence electrons. The highest BCUT2D eigenvalue weighted by Crippen LogP contribution is 2.27. The number of aliphatic hydroxyl groups is 1. The van der Waals surface area contributed by atoms with E-state index in [4.69, 9.17) is 27.2 Å². The number of nitrogens with zero attached hydrogens (tertiary/aromatic N) is 2. The maximum atomic E-state index is 8.71. The van der Waals surface area contributed by atoms with E-state index in [-0.39, 0.29) is 12.7 Å². The summed E-state index contributed by atoms with van der Waals surface area (Å²) in [5.41, 5.74) is 6.20. The van der Waals surface area contributed by atoms with Gasteiger partial charge in [-0.25, -0.2) is 4.98 Å². The predicted molar refractivity (Wildman–Crippen MR) is 71.9 cm³/mol. The largest absolute Gasteiger partial charge is 0.397 e. The average molecular weight is 272 g/mol. The second kappa shape index (κ2) is 6.22. The molecule has 1 saturated heterocycles. The molecule has 0 radical (unpaired) electrons. The van der Waals surface area contributed by atoms with Crippen molar-refractivity contribution in [1.82, 2.24) is 4.98 Å². The summed E-state index contributed by atoms with van der Waals surface area (Å²) in [5, 5.41) is 9.30. The number of piperidine rings is 1. The number of hydrogen-bond acceptors (Lipinski definition) is 5. The van der Waals surface area contributed by atoms with Gasteiger partial charge in [0.15, 0.2) is 0 Å². The minimum Gasteiger partial charge on any atom is -0.397 e. The van der Waals surface area contributed by atoms with E-state index in [0.717, 1.165) is 31.7 Å². The van der Waals surface area contributed by atoms with Crippen LogP contribution in [0.2, 0.25) is 5.02 Å². The molecule has 3 N–H and O–H groups in total. The molecule has 2 heterocycles. The van der Waals surface area contributed by atoms with E-state index in [2.05, 4.69) is 9.88 Å². The monoisotopic (exact) mass is 271 g/mol. The highest BCUT2D eigenvalue weighted by molar-refractivity contribution is 6.33. The Hall–Kier alpha value is -1.04. The fourth-order valence-corrected chi connectivity index (χ4v) is 2.43. The molecule has 0 spiro atoms. The van der Waals surface area contributed by atoms with E-state index < -0.39 is 0 Å². The Balaban J connectivity index is 1.93. The maximum absolute atomic E-state index is 8.71. The molecule has 1 aromatic rings. The van der Waals surface area contributed by atoms with Crippen LogP contribution in [-0.4, -0.2) is 42.5 Å². The van der Waals surface area contributed by atoms with Crippen molar-refractivity contribution < 1.29 is 9.84 Å². The first kappa shape index (κ1) is 13.4. The highest BCUT2D eigenvalue weighted by atomic mass is 35.5. The van der Waals surface area contributed by atoms with Crippen LogP contribution in [0.1, 0.15) is 12.8 Å². The lowest BCUT2D eigenvalue weighted by Crippen LogP contribution is -2.38. The number of aromatic nitrogens is 1. The topological polar surface area (TPSA) is 71.6 Å². The third-order valence-corrected chi connectivity index (χ3v) is 3.31. The second-order valence-electron chi connectivity index (χ2n) is 4.35. The number of halogens is 1. The van der Waals surface area contributed by atoms with E-state index in [1.54, 1.807) is 12.3 Å². The molecule has 6 heteroatoms. The van der Waals surface area contributed by atoms with Crippen LogP contribution in [0.15, 0.2) is 12.3 Å². The zero-order valence-electron chi connectivity index (χ0n) is 10.2. The van der Waals surface area contributed by atoms with Crippen molar-refractivity contribution in [1.29, 1.82) is 0 Å². The number of rotatable bonds is 4. The fourth-order valence-electron chi connectivity index (χ4n) is 2.13. The molecule has 0 aromatic carbocycles. The van der Waals surface area contributed by atoms with Crippen molar-refractivity contribution >= 4 is 23.1 Å². The maximum Gasteiger partial charge on any atom is 0.147 e. The molecule has 5 nitrogen and oxygen atoms in total. The first-order valence-electron chi connectivity index (χ1n) is 6.09. The molecular weight excluding hydrogens is 254 g/mol. The third kappa shape index (κ3) is 3.25. The van der Waals surface area contributed by atoms with Gasteiger partial charge < -0.3 is 20.5 Å². The first-order valence-corrected chi connectivity index (χ1v) is 6.47. The summed E-state index contributed by atoms with van der Waals surface area (Å²) in [4.78, 5) is 6.42. The smallest absolute Gasteiger partial charge is 0.147 e. The molecule has 0 atom stereocenters. The van der Waals surface area contributed by atoms with Gasteiger partial charge in [0.05, 0.1) is 36.2 Å². The van der Waals surface area contributed by atoms with Crippen molar-refractivity contribution in [3.05, 3.63) is 17.3 Å². The molecule has 0 bridgehead atoms. The zero-order valence-corrected chi connectivity index (χ0v) is 10.9. The molecule has 0 saturated carbocycles. The van der Waals surface area contributed by atoms with E-state index in [9.17, 15) is 0 Å². The van der Waals surface area contributed by atoms with Crippen molar-refractivity contribution in [2.75, 3.05) is 36.9 Å². The van der Waals surface area contributed by atoms with Gasteiger partial charge in [-0.3, -0.25) is 0 Å². The van der Waals surface area contributed by atoms with E-state index in [0.29, 0.717) is 17.3 Å². The van der Waals surface area contributed by atoms with Gasteiger partial charge in [-0.15, -0.1) is 0 Å². The average Bonchev–Trinajstić information content (AvgIpc) is 2.37. The zero-order chi connectivity index (χ0) is 13.0. The van der Waals surface area contributed by atoms with E-state index >= 15 is 0 Å². The minimum absolute atomic E-state index is 0.0750. The van der Waals surface area contributed by atoms with E-state index in [1.807, 2.05) is 0 Å². The molecule has 1 aliphatic rings. The van der Waals surface area contributed by atoms with Gasteiger partial charge in [0, 0.05) is 13.1 Å². The number of aliphatic hydroxyl groups excluding tert-OH is 1. The van der Waals surface area contributed by atoms with Crippen LogP contribution >= 0.6 is 11.6 Å². The lowest BCUT2D eigenvalue weighted by atomic mass is 10.1. The molecule has 0 amide bonds. The Labute approximate surface area is 112 Å². The molecular formula is C12H18ClN3O2. The Kier molecular flexibility index (Phi) is 4.63. The highest BCUT2D eigenvalue weighted by Gasteiger charge is 2.21. The summed E-state index contributed by atoms with van der Waals surface area (Å²) >= 11 is 6.13. The molecule has 1 aliphatic heterocycles. The van der Waals surface area contributed by atoms with Gasteiger partial charge in [0.25, 0.3) is 0 Å². The van der Waals surface area contributed by atoms with Crippen LogP contribution in [0.5, 0.6) is 0 Å². The molecule has 1 fully saturated rings. The Bertz CT molecular complexity index is 395. The van der Waals surface area contributed by atoms with Gasteiger partial charge >= 0.3 is 0 Å². The van der Waals surface area contributed by atoms with Crippen LogP contribution in [0.4, 0.5) is 11.5 Å². The molecule has 0 unspecified atom stereocenters. The van der Waals surface area contributed by atoms with Crippen LogP contribution < -0.4 is 10.6 Å². The standard InChI is InChI=1S/C12H18ClN3O2/c13-11-7-9(14)8-15-12(11)16-3-1-10(2-4-16)18-6-5-17/h7-8,10,17H,1-6,14H2. The number of hydrogen-bond donors (Lipinski definition) is 2.